The van der Waals surface area contributed by atoms with E-state index in [2.05, 4.69) is 35.7 Å². The number of aromatic carboxylic acids is 1. The zero-order valence-electron chi connectivity index (χ0n) is 29.2. The molecule has 0 spiro atoms. The Balaban J connectivity index is 0.00000348. The number of carbonyl (C=O) groups is 1. The molecule has 0 aliphatic rings. The third-order valence-electron chi connectivity index (χ3n) is 7.48. The van der Waals surface area contributed by atoms with Crippen LogP contribution in [0.3, 0.4) is 0 Å². The van der Waals surface area contributed by atoms with Crippen molar-refractivity contribution in [1.29, 1.82) is 0 Å². The van der Waals surface area contributed by atoms with Crippen LogP contribution in [0, 0.1) is 0 Å². The van der Waals surface area contributed by atoms with Gasteiger partial charge in [-0.25, -0.2) is 9.79 Å². The van der Waals surface area contributed by atoms with Gasteiger partial charge in [0.25, 0.3) is 10.1 Å². The molecule has 0 unspecified atom stereocenters. The van der Waals surface area contributed by atoms with Gasteiger partial charge in [0.05, 0.1) is 34.0 Å². The summed E-state index contributed by atoms with van der Waals surface area (Å²) < 4.78 is 34.4. The maximum atomic E-state index is 12.2. The number of benzene rings is 6. The third-order valence-corrected chi connectivity index (χ3v) is 8.35. The largest absolute Gasteiger partial charge is 1.00 e. The van der Waals surface area contributed by atoms with Gasteiger partial charge in [-0.05, 0) is 96.4 Å². The molecule has 56 heavy (non-hydrogen) atoms. The van der Waals surface area contributed by atoms with Crippen LogP contribution in [0.15, 0.2) is 150 Å². The van der Waals surface area contributed by atoms with Crippen molar-refractivity contribution < 1.29 is 108 Å². The minimum Gasteiger partial charge on any atom is -0.872 e. The van der Waals surface area contributed by atoms with Crippen molar-refractivity contribution in [3.05, 3.63) is 120 Å². The van der Waals surface area contributed by atoms with E-state index in [1.54, 1.807) is 0 Å². The summed E-state index contributed by atoms with van der Waals surface area (Å²) in [4.78, 5) is 14.6. The van der Waals surface area contributed by atoms with Crippen molar-refractivity contribution in [2.45, 2.75) is 4.90 Å². The molecule has 20 heteroatoms. The fourth-order valence-corrected chi connectivity index (χ4v) is 5.47. The number of aliphatic imine (C=N–C) groups is 1. The van der Waals surface area contributed by atoms with E-state index in [0.717, 1.165) is 24.3 Å². The number of carboxylic acid groups (broad SMARTS) is 1. The van der Waals surface area contributed by atoms with Gasteiger partial charge in [0.15, 0.2) is 5.75 Å². The number of phenolic OH excluding ortho intramolecular Hbond substituents is 2. The van der Waals surface area contributed by atoms with Crippen molar-refractivity contribution in [3.8, 4) is 23.0 Å². The molecule has 0 bridgehead atoms. The number of aromatic hydroxyl groups is 2. The molecule has 6 rings (SSSR count). The molecule has 270 valence electrons. The number of hydrogen-bond acceptors (Lipinski definition) is 14. The van der Waals surface area contributed by atoms with E-state index in [1.165, 1.54) is 84.9 Å². The standard InChI is InChI=1S/C36H25N7O10S.2Na/c44-26-12-13-29(31(46)18-26)42-41-24-6-3-20-15-32(54(51,52)53)33(34(47)27(20)16-24)43-39-23-9-7-21(8-10-23)37-35(48)19-1-4-22(5-2-19)38-40-25-11-14-30(45)28(17-25)36(49)50;;/h1-18,44-47H,(H,37,48)(H,49,50)(H,51,52,53);;/q;2*+1/p-2. The molecule has 0 radical (unpaired) electrons. The first-order chi connectivity index (χ1) is 25.7. The van der Waals surface area contributed by atoms with Crippen LogP contribution in [0.25, 0.3) is 10.8 Å². The van der Waals surface area contributed by atoms with Crippen LogP contribution < -0.4 is 69.3 Å². The Bertz CT molecular complexity index is 2680. The van der Waals surface area contributed by atoms with Gasteiger partial charge in [-0.1, -0.05) is 23.9 Å². The van der Waals surface area contributed by atoms with Gasteiger partial charge in [-0.3, -0.25) is 4.55 Å². The summed E-state index contributed by atoms with van der Waals surface area (Å²) in [5.74, 6) is -3.81. The summed E-state index contributed by atoms with van der Waals surface area (Å²) in [6, 6.07) is 24.3. The van der Waals surface area contributed by atoms with Crippen molar-refractivity contribution >= 4 is 72.6 Å². The molecular formula is C36H23N7Na2O10S. The van der Waals surface area contributed by atoms with E-state index in [9.17, 15) is 43.3 Å². The minimum absolute atomic E-state index is 0. The summed E-state index contributed by atoms with van der Waals surface area (Å²) in [5, 5.41) is 87.8. The van der Waals surface area contributed by atoms with E-state index in [-0.39, 0.29) is 104 Å². The maximum absolute atomic E-state index is 12.2. The average molecular weight is 792 g/mol. The van der Waals surface area contributed by atoms with Crippen LogP contribution in [0.1, 0.15) is 15.9 Å². The van der Waals surface area contributed by atoms with Crippen LogP contribution in [-0.2, 0) is 10.1 Å². The first kappa shape index (κ1) is 43.2. The molecule has 0 aromatic heterocycles. The number of nitrogens with zero attached hydrogens (tertiary/aromatic N) is 7. The quantitative estimate of drug-likeness (QED) is 0.0443. The minimum atomic E-state index is -4.88. The van der Waals surface area contributed by atoms with Gasteiger partial charge >= 0.3 is 65.1 Å². The van der Waals surface area contributed by atoms with Crippen molar-refractivity contribution in [3.63, 3.8) is 0 Å². The zero-order chi connectivity index (χ0) is 38.6. The first-order valence-corrected chi connectivity index (χ1v) is 16.7. The van der Waals surface area contributed by atoms with E-state index in [1.807, 2.05) is 0 Å². The number of hydrogen-bond donors (Lipinski definition) is 5. The van der Waals surface area contributed by atoms with Gasteiger partial charge < -0.3 is 30.6 Å². The Morgan fingerprint density at radius 3 is 1.80 bits per heavy atom. The molecular weight excluding hydrogens is 768 g/mol. The predicted octanol–water partition coefficient (Wildman–Crippen LogP) is 2.23. The normalized spacial score (nSPS) is 11.9. The monoisotopic (exact) mass is 791 g/mol. The van der Waals surface area contributed by atoms with E-state index < -0.39 is 49.5 Å². The van der Waals surface area contributed by atoms with Gasteiger partial charge in [0.2, 0.25) is 5.90 Å². The molecule has 0 amide bonds. The van der Waals surface area contributed by atoms with E-state index in [0.29, 0.717) is 16.9 Å². The van der Waals surface area contributed by atoms with Crippen LogP contribution >= 0.6 is 0 Å². The van der Waals surface area contributed by atoms with Crippen molar-refractivity contribution in [2.24, 2.45) is 35.7 Å². The van der Waals surface area contributed by atoms with Crippen LogP contribution in [-0.4, -0.2) is 45.3 Å². The molecule has 0 aliphatic carbocycles. The van der Waals surface area contributed by atoms with Crippen LogP contribution in [0.2, 0.25) is 0 Å². The zero-order valence-corrected chi connectivity index (χ0v) is 34.0. The Labute approximate surface area is 361 Å². The predicted molar refractivity (Wildman–Crippen MR) is 190 cm³/mol. The second kappa shape index (κ2) is 18.4. The second-order valence-electron chi connectivity index (χ2n) is 11.2. The summed E-state index contributed by atoms with van der Waals surface area (Å²) in [7, 11) is -4.88. The molecule has 0 heterocycles. The Morgan fingerprint density at radius 2 is 1.16 bits per heavy atom. The maximum Gasteiger partial charge on any atom is 1.00 e. The van der Waals surface area contributed by atoms with Gasteiger partial charge in [0, 0.05) is 10.9 Å². The second-order valence-corrected chi connectivity index (χ2v) is 12.6. The Kier molecular flexibility index (Phi) is 14.2. The number of fused-ring (bicyclic) bond motifs is 1. The summed E-state index contributed by atoms with van der Waals surface area (Å²) in [6.45, 7) is 0. The molecule has 0 saturated heterocycles. The van der Waals surface area contributed by atoms with Gasteiger partial charge in [-0.15, -0.1) is 16.0 Å². The number of phenols is 2. The first-order valence-electron chi connectivity index (χ1n) is 15.3. The van der Waals surface area contributed by atoms with Crippen LogP contribution in [0.4, 0.5) is 39.8 Å². The molecule has 5 N–H and O–H groups in total. The Hall–Kier alpha value is -5.57. The van der Waals surface area contributed by atoms with Gasteiger partial charge in [0.1, 0.15) is 22.0 Å². The Morgan fingerprint density at radius 1 is 0.607 bits per heavy atom. The molecule has 6 aromatic rings. The summed E-state index contributed by atoms with van der Waals surface area (Å²) in [6.07, 6.45) is 0. The van der Waals surface area contributed by atoms with Crippen LogP contribution in [0.5, 0.6) is 23.0 Å². The number of aliphatic hydroxyl groups excluding tert-OH is 1. The van der Waals surface area contributed by atoms with E-state index >= 15 is 0 Å². The molecule has 17 nitrogen and oxygen atoms in total. The van der Waals surface area contributed by atoms with Gasteiger partial charge in [-0.2, -0.15) is 28.9 Å². The number of aliphatic hydroxyl groups is 1. The topological polar surface area (TPSA) is 285 Å². The SMILES string of the molecule is O=C(O)c1cc(N=Nc2ccc(C(O)=Nc3ccc(N=Nc4c(S(=O)(=O)O)cc5ccc(N=Nc6ccc([O-])cc6O)cc5c4O)cc3)cc2)ccc1[O-].[Na+].[Na+]. The molecule has 0 aliphatic heterocycles. The molecule has 0 saturated carbocycles. The third kappa shape index (κ3) is 10.4. The average Bonchev–Trinajstić information content (AvgIpc) is 3.14. The van der Waals surface area contributed by atoms with Crippen molar-refractivity contribution in [2.75, 3.05) is 0 Å². The van der Waals surface area contributed by atoms with E-state index in [4.69, 9.17) is 5.11 Å². The fourth-order valence-electron chi connectivity index (χ4n) is 4.81. The molecule has 0 atom stereocenters. The molecule has 0 fully saturated rings. The molecule has 6 aromatic carbocycles. The summed E-state index contributed by atoms with van der Waals surface area (Å²) in [5.41, 5.74) is 0.570. The smallest absolute Gasteiger partial charge is 0.872 e. The summed E-state index contributed by atoms with van der Waals surface area (Å²) >= 11 is 0. The number of carboxylic acids is 1. The number of rotatable bonds is 10. The fraction of sp³-hybridized carbons (Fsp3) is 0. The van der Waals surface area contributed by atoms with Crippen molar-refractivity contribution in [1.82, 2.24) is 0 Å². The number of azo groups is 3.